The van der Waals surface area contributed by atoms with Crippen molar-refractivity contribution in [1.29, 1.82) is 0 Å². The Kier molecular flexibility index (Phi) is 15.0. The highest BCUT2D eigenvalue weighted by molar-refractivity contribution is 7.90. The number of amides is 1. The number of carbonyl (C=O) groups excluding carboxylic acids is 1. The van der Waals surface area contributed by atoms with Crippen LogP contribution in [0, 0.1) is 21.4 Å². The Labute approximate surface area is 474 Å². The van der Waals surface area contributed by atoms with Gasteiger partial charge in [0.15, 0.2) is 0 Å². The van der Waals surface area contributed by atoms with Crippen LogP contribution in [-0.4, -0.2) is 143 Å². The molecule has 2 aromatic heterocycles. The molecule has 6 fully saturated rings. The fraction of sp³-hybridized carbons (Fsp3) is 0.574. The molecule has 81 heavy (non-hydrogen) atoms. The summed E-state index contributed by atoms with van der Waals surface area (Å²) < 4.78 is 49.8. The van der Waals surface area contributed by atoms with Gasteiger partial charge in [-0.2, -0.15) is 4.98 Å². The number of pyridine rings is 1. The lowest BCUT2D eigenvalue weighted by atomic mass is 9.59. The minimum Gasteiger partial charge on any atom is -0.491 e. The Hall–Kier alpha value is -6.03. The highest BCUT2D eigenvalue weighted by atomic mass is 32.2. The monoisotopic (exact) mass is 1130 g/mol. The molecular weight excluding hydrogens is 1050 g/mol. The van der Waals surface area contributed by atoms with Crippen LogP contribution < -0.4 is 29.3 Å². The molecule has 12 rings (SSSR count). The van der Waals surface area contributed by atoms with E-state index in [-0.39, 0.29) is 40.8 Å². The van der Waals surface area contributed by atoms with Gasteiger partial charge >= 0.3 is 0 Å². The van der Waals surface area contributed by atoms with Crippen molar-refractivity contribution in [2.45, 2.75) is 164 Å². The lowest BCUT2D eigenvalue weighted by Gasteiger charge is -2.59. The molecule has 3 saturated heterocycles. The zero-order valence-electron chi connectivity index (χ0n) is 47.1. The molecule has 3 saturated carbocycles. The van der Waals surface area contributed by atoms with Crippen molar-refractivity contribution in [2.75, 3.05) is 67.6 Å². The summed E-state index contributed by atoms with van der Waals surface area (Å²) in [4.78, 5) is 44.2. The second-order valence-electron chi connectivity index (χ2n) is 25.3. The third kappa shape index (κ3) is 11.4. The van der Waals surface area contributed by atoms with E-state index in [1.807, 2.05) is 44.3 Å². The quantitative estimate of drug-likeness (QED) is 0.0516. The van der Waals surface area contributed by atoms with E-state index in [1.165, 1.54) is 17.7 Å². The van der Waals surface area contributed by atoms with Gasteiger partial charge in [-0.15, -0.1) is 0 Å². The molecule has 20 heteroatoms. The van der Waals surface area contributed by atoms with Crippen molar-refractivity contribution in [3.63, 3.8) is 0 Å². The van der Waals surface area contributed by atoms with Gasteiger partial charge in [0.25, 0.3) is 21.6 Å². The van der Waals surface area contributed by atoms with E-state index in [0.29, 0.717) is 74.0 Å². The van der Waals surface area contributed by atoms with Crippen LogP contribution in [0.3, 0.4) is 0 Å². The smallest absolute Gasteiger partial charge is 0.293 e. The lowest BCUT2D eigenvalue weighted by Crippen LogP contribution is -2.61. The van der Waals surface area contributed by atoms with Crippen LogP contribution in [-0.2, 0) is 14.8 Å². The summed E-state index contributed by atoms with van der Waals surface area (Å²) in [6.07, 6.45) is 12.6. The van der Waals surface area contributed by atoms with Crippen LogP contribution in [0.4, 0.5) is 28.4 Å². The maximum Gasteiger partial charge on any atom is 0.293 e. The van der Waals surface area contributed by atoms with E-state index in [2.05, 4.69) is 72.7 Å². The summed E-state index contributed by atoms with van der Waals surface area (Å²) in [5.74, 6) is 0.621. The molecule has 434 valence electrons. The minimum atomic E-state index is -4.64. The van der Waals surface area contributed by atoms with Crippen LogP contribution in [0.5, 0.6) is 11.6 Å². The normalized spacial score (nSPS) is 28.2. The molecule has 5 aromatic rings. The first-order chi connectivity index (χ1) is 38.8. The Bertz CT molecular complexity index is 3240. The van der Waals surface area contributed by atoms with E-state index >= 15 is 0 Å². The van der Waals surface area contributed by atoms with Crippen LogP contribution in [0.2, 0.25) is 0 Å². The third-order valence-corrected chi connectivity index (χ3v) is 20.5. The molecule has 7 aliphatic rings. The number of piperidine rings is 1. The molecule has 0 unspecified atom stereocenters. The summed E-state index contributed by atoms with van der Waals surface area (Å²) in [7, 11) is -4.64. The standard InChI is InChI=1S/C61H79N9O10S/c1-39(2)79-54-8-6-5-7-46(54)53-37-67(42-15-21-60(4,73)22-16-42)28-29-68(53)44-34-61(35-44)23-26-66(27-24-61)43-9-11-47(50(32-43)69-49-18-30-78-38-55(49)80-58-52(69)31-41-17-25-62-56(41)64-58)57(71)65-81(76,77)45-10-12-48(51(33-45)70(74)75)63-36-40-13-19-59(3,72)20-14-40/h5-12,17,25,31-33,39-40,42,44,49,53,55,63,72-73H,13-16,18-24,26-30,34-38H2,1-4H3,(H,62,64)(H,65,71)/t40?,42?,49-,53+,55-,59?,60?/m0/s1. The molecule has 1 spiro atoms. The second-order valence-corrected chi connectivity index (χ2v) is 27.0. The molecule has 0 radical (unpaired) electrons. The number of nitro benzene ring substituents is 1. The first-order valence-corrected chi connectivity index (χ1v) is 31.0. The van der Waals surface area contributed by atoms with Crippen molar-refractivity contribution in [1.82, 2.24) is 24.5 Å². The van der Waals surface area contributed by atoms with Gasteiger partial charge in [0.05, 0.1) is 57.1 Å². The second kappa shape index (κ2) is 21.9. The van der Waals surface area contributed by atoms with Gasteiger partial charge in [0.1, 0.15) is 28.9 Å². The number of ether oxygens (including phenoxy) is 3. The molecule has 5 N–H and O–H groups in total. The topological polar surface area (TPSA) is 228 Å². The summed E-state index contributed by atoms with van der Waals surface area (Å²) >= 11 is 0. The summed E-state index contributed by atoms with van der Waals surface area (Å²) in [6, 6.07) is 22.5. The molecule has 6 heterocycles. The summed E-state index contributed by atoms with van der Waals surface area (Å²) in [5, 5.41) is 37.7. The number of nitro groups is 1. The average Bonchev–Trinajstić information content (AvgIpc) is 4.07. The number of hydrogen-bond donors (Lipinski definition) is 5. The molecule has 0 bridgehead atoms. The van der Waals surface area contributed by atoms with Gasteiger partial charge in [-0.1, -0.05) is 18.2 Å². The van der Waals surface area contributed by atoms with E-state index in [4.69, 9.17) is 19.2 Å². The van der Waals surface area contributed by atoms with E-state index in [9.17, 15) is 33.5 Å². The number of aromatic nitrogens is 2. The van der Waals surface area contributed by atoms with Crippen LogP contribution in [0.1, 0.15) is 133 Å². The van der Waals surface area contributed by atoms with Gasteiger partial charge in [-0.25, -0.2) is 13.1 Å². The highest BCUT2D eigenvalue weighted by Crippen LogP contribution is 2.54. The van der Waals surface area contributed by atoms with Crippen LogP contribution in [0.25, 0.3) is 11.0 Å². The van der Waals surface area contributed by atoms with Gasteiger partial charge in [0.2, 0.25) is 5.88 Å². The first-order valence-electron chi connectivity index (χ1n) is 29.5. The van der Waals surface area contributed by atoms with Crippen LogP contribution in [0.15, 0.2) is 83.9 Å². The fourth-order valence-electron chi connectivity index (χ4n) is 14.4. The van der Waals surface area contributed by atoms with E-state index in [0.717, 1.165) is 120 Å². The number of H-pyrrole nitrogens is 1. The number of carbonyl (C=O) groups is 1. The fourth-order valence-corrected chi connectivity index (χ4v) is 15.4. The maximum absolute atomic E-state index is 14.8. The number of rotatable bonds is 14. The first kappa shape index (κ1) is 55.5. The van der Waals surface area contributed by atoms with Crippen molar-refractivity contribution < 1.29 is 42.6 Å². The average molecular weight is 1130 g/mol. The predicted molar refractivity (Wildman–Crippen MR) is 310 cm³/mol. The molecule has 3 atom stereocenters. The van der Waals surface area contributed by atoms with Gasteiger partial charge < -0.3 is 44.5 Å². The van der Waals surface area contributed by atoms with Crippen molar-refractivity contribution in [3.05, 3.63) is 100 Å². The number of anilines is 4. The van der Waals surface area contributed by atoms with Gasteiger partial charge in [-0.3, -0.25) is 24.7 Å². The number of aromatic amines is 1. The van der Waals surface area contributed by atoms with Crippen molar-refractivity contribution in [2.24, 2.45) is 11.3 Å². The third-order valence-electron chi connectivity index (χ3n) is 19.2. The maximum atomic E-state index is 14.8. The molecule has 3 aromatic carbocycles. The minimum absolute atomic E-state index is 0.0532. The van der Waals surface area contributed by atoms with Crippen molar-refractivity contribution in [3.8, 4) is 11.6 Å². The van der Waals surface area contributed by atoms with E-state index in [1.54, 1.807) is 6.07 Å². The number of para-hydroxylation sites is 1. The number of aliphatic hydroxyl groups is 2. The number of fused-ring (bicyclic) bond motifs is 3. The number of piperazine rings is 1. The summed E-state index contributed by atoms with van der Waals surface area (Å²) in [5.41, 5.74) is 2.66. The number of hydrogen-bond acceptors (Lipinski definition) is 16. The molecule has 1 amide bonds. The number of nitrogens with zero attached hydrogens (tertiary/aromatic N) is 6. The molecule has 19 nitrogen and oxygen atoms in total. The SMILES string of the molecule is CC(C)Oc1ccccc1[C@H]1CN(C2CCC(C)(O)CC2)CCN1C1CC2(CCN(c3ccc(C(=O)NS(=O)(=O)c4ccc(NCC5CCC(C)(O)CC5)c([N+](=O)[O-])c4)c(N4c5cc6cc[nH]c6nc5O[C@H]5COCC[C@@H]54)c3)CC2)C1. The number of benzene rings is 3. The van der Waals surface area contributed by atoms with Gasteiger partial charge in [0, 0.05) is 86.9 Å². The lowest BCUT2D eigenvalue weighted by molar-refractivity contribution is -0.384. The number of nitrogens with one attached hydrogen (secondary N) is 3. The highest BCUT2D eigenvalue weighted by Gasteiger charge is 2.51. The van der Waals surface area contributed by atoms with E-state index < -0.39 is 48.7 Å². The molecule has 4 aliphatic heterocycles. The Morgan fingerprint density at radius 2 is 1.63 bits per heavy atom. The molecular formula is C61H79N9O10S. The largest absolute Gasteiger partial charge is 0.491 e. The zero-order chi connectivity index (χ0) is 56.4. The molecule has 3 aliphatic carbocycles. The van der Waals surface area contributed by atoms with Crippen molar-refractivity contribution >= 4 is 55.4 Å². The van der Waals surface area contributed by atoms with Crippen LogP contribution >= 0.6 is 0 Å². The predicted octanol–water partition coefficient (Wildman–Crippen LogP) is 9.22. The summed E-state index contributed by atoms with van der Waals surface area (Å²) in [6.45, 7) is 13.7. The Balaban J connectivity index is 0.799. The number of sulfonamides is 1. The Morgan fingerprint density at radius 3 is 2.37 bits per heavy atom. The Morgan fingerprint density at radius 1 is 0.889 bits per heavy atom. The zero-order valence-corrected chi connectivity index (χ0v) is 48.0. The van der Waals surface area contributed by atoms with Gasteiger partial charge in [-0.05, 0) is 171 Å².